The highest BCUT2D eigenvalue weighted by Gasteiger charge is 2.32. The quantitative estimate of drug-likeness (QED) is 0.602. The normalized spacial score (nSPS) is 21.0. The molecule has 0 spiro atoms. The van der Waals surface area contributed by atoms with E-state index in [1.165, 1.54) is 33.4 Å². The summed E-state index contributed by atoms with van der Waals surface area (Å²) < 4.78 is 0. The number of rotatable bonds is 2. The molecular weight excluding hydrogens is 288 g/mol. The minimum Gasteiger partial charge on any atom is -0.0843 e. The predicted octanol–water partition coefficient (Wildman–Crippen LogP) is 6.40. The van der Waals surface area contributed by atoms with Crippen LogP contribution in [0.3, 0.4) is 0 Å². The summed E-state index contributed by atoms with van der Waals surface area (Å²) in [5, 5.41) is 0.843. The van der Waals surface area contributed by atoms with E-state index in [0.717, 1.165) is 17.9 Å². The molecule has 22 heavy (non-hydrogen) atoms. The Bertz CT molecular complexity index is 734. The van der Waals surface area contributed by atoms with E-state index in [1.807, 2.05) is 6.07 Å². The molecular formula is C21H23Cl. The highest BCUT2D eigenvalue weighted by atomic mass is 35.5. The van der Waals surface area contributed by atoms with Crippen molar-refractivity contribution in [3.63, 3.8) is 0 Å². The van der Waals surface area contributed by atoms with Gasteiger partial charge in [0.15, 0.2) is 0 Å². The summed E-state index contributed by atoms with van der Waals surface area (Å²) in [5.74, 6) is 0. The van der Waals surface area contributed by atoms with Gasteiger partial charge in [-0.2, -0.15) is 0 Å². The van der Waals surface area contributed by atoms with Crippen molar-refractivity contribution in [2.75, 3.05) is 0 Å². The zero-order valence-electron chi connectivity index (χ0n) is 13.8. The summed E-state index contributed by atoms with van der Waals surface area (Å²) in [6, 6.07) is 13.2. The molecule has 2 aromatic carbocycles. The second kappa shape index (κ2) is 5.59. The number of hydrogen-bond acceptors (Lipinski definition) is 0. The number of benzene rings is 2. The fraction of sp³-hybridized carbons (Fsp3) is 0.333. The van der Waals surface area contributed by atoms with Crippen molar-refractivity contribution in [2.24, 2.45) is 0 Å². The molecule has 0 saturated heterocycles. The number of halogens is 1. The van der Waals surface area contributed by atoms with E-state index in [2.05, 4.69) is 64.1 Å². The van der Waals surface area contributed by atoms with Gasteiger partial charge < -0.3 is 0 Å². The Kier molecular flexibility index (Phi) is 3.91. The molecule has 3 rings (SSSR count). The molecule has 0 nitrogen and oxygen atoms in total. The van der Waals surface area contributed by atoms with Crippen LogP contribution in [0.4, 0.5) is 0 Å². The molecule has 1 unspecified atom stereocenters. The van der Waals surface area contributed by atoms with Crippen LogP contribution >= 0.6 is 11.6 Å². The monoisotopic (exact) mass is 310 g/mol. The summed E-state index contributed by atoms with van der Waals surface area (Å²) >= 11 is 6.27. The Morgan fingerprint density at radius 2 is 1.73 bits per heavy atom. The van der Waals surface area contributed by atoms with Crippen molar-refractivity contribution >= 4 is 17.2 Å². The van der Waals surface area contributed by atoms with E-state index >= 15 is 0 Å². The Morgan fingerprint density at radius 3 is 2.41 bits per heavy atom. The van der Waals surface area contributed by atoms with Gasteiger partial charge in [0.2, 0.25) is 0 Å². The molecule has 0 aromatic heterocycles. The third kappa shape index (κ3) is 2.85. The summed E-state index contributed by atoms with van der Waals surface area (Å²) in [4.78, 5) is 0. The fourth-order valence-electron chi connectivity index (χ4n) is 3.38. The number of allylic oxidation sites excluding steroid dienone is 2. The first-order valence-electron chi connectivity index (χ1n) is 7.92. The van der Waals surface area contributed by atoms with E-state index in [9.17, 15) is 0 Å². The molecule has 0 radical (unpaired) electrons. The maximum absolute atomic E-state index is 6.27. The molecule has 1 aliphatic rings. The van der Waals surface area contributed by atoms with Crippen molar-refractivity contribution in [3.05, 3.63) is 75.3 Å². The van der Waals surface area contributed by atoms with Crippen LogP contribution in [0.1, 0.15) is 47.6 Å². The van der Waals surface area contributed by atoms with E-state index < -0.39 is 0 Å². The van der Waals surface area contributed by atoms with Crippen molar-refractivity contribution in [3.8, 4) is 0 Å². The minimum atomic E-state index is 0.157. The third-order valence-electron chi connectivity index (χ3n) is 5.00. The molecule has 0 saturated carbocycles. The molecule has 0 heterocycles. The van der Waals surface area contributed by atoms with Crippen LogP contribution in [-0.4, -0.2) is 0 Å². The summed E-state index contributed by atoms with van der Waals surface area (Å²) in [6.07, 6.45) is 4.56. The van der Waals surface area contributed by atoms with Crippen LogP contribution in [0, 0.1) is 20.8 Å². The van der Waals surface area contributed by atoms with Gasteiger partial charge in [-0.25, -0.2) is 0 Å². The lowest BCUT2D eigenvalue weighted by Crippen LogP contribution is -2.18. The Morgan fingerprint density at radius 1 is 0.955 bits per heavy atom. The molecule has 0 fully saturated rings. The van der Waals surface area contributed by atoms with Gasteiger partial charge >= 0.3 is 0 Å². The van der Waals surface area contributed by atoms with Crippen LogP contribution in [0.5, 0.6) is 0 Å². The molecule has 0 bridgehead atoms. The molecule has 0 aliphatic heterocycles. The molecule has 0 amide bonds. The first-order chi connectivity index (χ1) is 10.4. The summed E-state index contributed by atoms with van der Waals surface area (Å²) in [5.41, 5.74) is 8.30. The lowest BCUT2D eigenvalue weighted by molar-refractivity contribution is 0.515. The van der Waals surface area contributed by atoms with Crippen LogP contribution in [0.15, 0.2) is 42.5 Å². The Labute approximate surface area is 138 Å². The molecule has 0 N–H and O–H groups in total. The first kappa shape index (κ1) is 15.4. The fourth-order valence-corrected chi connectivity index (χ4v) is 3.67. The van der Waals surface area contributed by atoms with Gasteiger partial charge in [-0.1, -0.05) is 48.9 Å². The van der Waals surface area contributed by atoms with Crippen molar-refractivity contribution < 1.29 is 0 Å². The molecule has 1 heteroatoms. The van der Waals surface area contributed by atoms with Crippen molar-refractivity contribution in [2.45, 2.75) is 46.0 Å². The highest BCUT2D eigenvalue weighted by Crippen LogP contribution is 2.44. The Balaban J connectivity index is 1.90. The van der Waals surface area contributed by atoms with Gasteiger partial charge in [-0.05, 0) is 79.1 Å². The average Bonchev–Trinajstić information content (AvgIpc) is 2.85. The topological polar surface area (TPSA) is 0 Å². The highest BCUT2D eigenvalue weighted by molar-refractivity contribution is 6.30. The average molecular weight is 311 g/mol. The second-order valence-electron chi connectivity index (χ2n) is 6.99. The van der Waals surface area contributed by atoms with Crippen LogP contribution in [0.25, 0.3) is 5.57 Å². The van der Waals surface area contributed by atoms with Crippen molar-refractivity contribution in [1.82, 2.24) is 0 Å². The van der Waals surface area contributed by atoms with Gasteiger partial charge in [0, 0.05) is 10.4 Å². The lowest BCUT2D eigenvalue weighted by atomic mass is 9.78. The summed E-state index contributed by atoms with van der Waals surface area (Å²) in [6.45, 7) is 8.82. The second-order valence-corrected chi connectivity index (χ2v) is 7.42. The van der Waals surface area contributed by atoms with Gasteiger partial charge in [0.1, 0.15) is 0 Å². The van der Waals surface area contributed by atoms with E-state index in [-0.39, 0.29) is 5.41 Å². The molecule has 114 valence electrons. The van der Waals surface area contributed by atoms with Crippen molar-refractivity contribution in [1.29, 1.82) is 0 Å². The molecule has 1 atom stereocenters. The first-order valence-corrected chi connectivity index (χ1v) is 8.29. The molecule has 2 aromatic rings. The van der Waals surface area contributed by atoms with Crippen LogP contribution in [-0.2, 0) is 5.41 Å². The van der Waals surface area contributed by atoms with E-state index in [1.54, 1.807) is 0 Å². The van der Waals surface area contributed by atoms with E-state index in [4.69, 9.17) is 11.6 Å². The van der Waals surface area contributed by atoms with Gasteiger partial charge in [-0.15, -0.1) is 0 Å². The van der Waals surface area contributed by atoms with Gasteiger partial charge in [0.05, 0.1) is 0 Å². The summed E-state index contributed by atoms with van der Waals surface area (Å²) in [7, 11) is 0. The third-order valence-corrected chi connectivity index (χ3v) is 5.21. The predicted molar refractivity (Wildman–Crippen MR) is 96.7 cm³/mol. The SMILES string of the molecule is Cc1cc(Cl)cc(C2(C)CC=C(c3ccc(C)c(C)c3)C2)c1. The van der Waals surface area contributed by atoms with E-state index in [0.29, 0.717) is 0 Å². The van der Waals surface area contributed by atoms with Crippen LogP contribution < -0.4 is 0 Å². The Hall–Kier alpha value is -1.53. The van der Waals surface area contributed by atoms with Gasteiger partial charge in [0.25, 0.3) is 0 Å². The number of hydrogen-bond donors (Lipinski definition) is 0. The zero-order chi connectivity index (χ0) is 15.9. The smallest absolute Gasteiger partial charge is 0.0411 e. The lowest BCUT2D eigenvalue weighted by Gasteiger charge is -2.26. The number of aryl methyl sites for hydroxylation is 3. The maximum atomic E-state index is 6.27. The molecule has 1 aliphatic carbocycles. The standard InChI is InChI=1S/C21H23Cl/c1-14-9-19(12-20(22)10-14)21(4)8-7-18(13-21)17-6-5-15(2)16(3)11-17/h5-7,9-12H,8,13H2,1-4H3. The van der Waals surface area contributed by atoms with Crippen LogP contribution in [0.2, 0.25) is 5.02 Å². The zero-order valence-corrected chi connectivity index (χ0v) is 14.6. The maximum Gasteiger partial charge on any atom is 0.0411 e. The van der Waals surface area contributed by atoms with Gasteiger partial charge in [-0.3, -0.25) is 0 Å². The largest absolute Gasteiger partial charge is 0.0843 e. The minimum absolute atomic E-state index is 0.157.